The highest BCUT2D eigenvalue weighted by molar-refractivity contribution is 7.15. The number of hydrogen-bond donors (Lipinski definition) is 3. The molecule has 2 aliphatic rings. The molecule has 10 nitrogen and oxygen atoms in total. The van der Waals surface area contributed by atoms with Crippen LogP contribution in [0, 0.1) is 0 Å². The number of aliphatic hydroxyl groups is 1. The number of fused-ring (bicyclic) bond motifs is 3. The third-order valence-electron chi connectivity index (χ3n) is 8.24. The fourth-order valence-corrected chi connectivity index (χ4v) is 7.10. The zero-order valence-electron chi connectivity index (χ0n) is 26.0. The molecule has 14 heteroatoms. The molecule has 6 rings (SSSR count). The van der Waals surface area contributed by atoms with Crippen molar-refractivity contribution in [3.05, 3.63) is 51.5 Å². The number of aromatic nitrogens is 5. The Morgan fingerprint density at radius 1 is 1.10 bits per heavy atom. The maximum absolute atomic E-state index is 13.8. The number of amides is 1. The van der Waals surface area contributed by atoms with E-state index in [2.05, 4.69) is 25.6 Å². The minimum absolute atomic E-state index is 0.00676. The smallest absolute Gasteiger partial charge is 0.386 e. The molecule has 2 fully saturated rings. The van der Waals surface area contributed by atoms with Crippen molar-refractivity contribution in [2.75, 3.05) is 5.32 Å². The van der Waals surface area contributed by atoms with E-state index >= 15 is 0 Å². The van der Waals surface area contributed by atoms with Gasteiger partial charge in [0.1, 0.15) is 27.2 Å². The molecule has 42 heavy (non-hydrogen) atoms. The fourth-order valence-electron chi connectivity index (χ4n) is 6.36. The molecule has 4 aromatic rings. The number of nitrogens with one attached hydrogen (secondary N) is 2. The summed E-state index contributed by atoms with van der Waals surface area (Å²) >= 11 is 0.417. The van der Waals surface area contributed by atoms with Crippen molar-refractivity contribution < 1.29 is 27.2 Å². The second-order valence-corrected chi connectivity index (χ2v) is 12.7. The summed E-state index contributed by atoms with van der Waals surface area (Å²) in [6.45, 7) is 1.69. The number of pyridine rings is 2. The lowest BCUT2D eigenvalue weighted by atomic mass is 9.91. The summed E-state index contributed by atoms with van der Waals surface area (Å²) in [5, 5.41) is 16.8. The van der Waals surface area contributed by atoms with Gasteiger partial charge in [0.2, 0.25) is 5.91 Å². The molecule has 0 aliphatic heterocycles. The van der Waals surface area contributed by atoms with Crippen LogP contribution in [0.5, 0.6) is 0 Å². The number of anilines is 2. The Hall–Kier alpha value is -3.78. The Kier molecular flexibility index (Phi) is 5.52. The maximum atomic E-state index is 13.8. The highest BCUT2D eigenvalue weighted by atomic mass is 32.1. The lowest BCUT2D eigenvalue weighted by molar-refractivity contribution is -0.134. The minimum atomic E-state index is -4.58. The molecule has 1 amide bonds. The summed E-state index contributed by atoms with van der Waals surface area (Å²) in [5.74, 6) is 0.142. The van der Waals surface area contributed by atoms with Crippen LogP contribution in [-0.4, -0.2) is 40.6 Å². The SMILES string of the molecule is [2H]C([2H])([2H])n1c(=O)n(C23CCC(NC(C)=O)(CC2)C3)c2cc(Nc3cc(C(C)(C)O)cc(-c4ncc(C(F)(F)F)s4)n3)ncc21. The van der Waals surface area contributed by atoms with Crippen LogP contribution >= 0.6 is 11.3 Å². The molecule has 222 valence electrons. The molecule has 0 unspecified atom stereocenters. The summed E-state index contributed by atoms with van der Waals surface area (Å²) in [5.41, 5.74) is -2.44. The third-order valence-corrected chi connectivity index (χ3v) is 9.30. The number of carbonyl (C=O) groups excluding carboxylic acids is 1. The van der Waals surface area contributed by atoms with Crippen LogP contribution < -0.4 is 16.3 Å². The Balaban J connectivity index is 1.45. The number of alkyl halides is 3. The van der Waals surface area contributed by atoms with Crippen molar-refractivity contribution in [2.24, 2.45) is 6.98 Å². The van der Waals surface area contributed by atoms with E-state index in [1.807, 2.05) is 0 Å². The van der Waals surface area contributed by atoms with Gasteiger partial charge in [-0.05, 0) is 63.6 Å². The second kappa shape index (κ2) is 9.36. The molecular formula is C28H30F3N7O3S. The largest absolute Gasteiger partial charge is 0.427 e. The number of imidazole rings is 1. The van der Waals surface area contributed by atoms with E-state index in [4.69, 9.17) is 4.11 Å². The van der Waals surface area contributed by atoms with Crippen LogP contribution in [0.3, 0.4) is 0 Å². The number of rotatable bonds is 6. The van der Waals surface area contributed by atoms with Crippen LogP contribution in [0.15, 0.2) is 35.4 Å². The third kappa shape index (κ3) is 4.75. The van der Waals surface area contributed by atoms with Gasteiger partial charge in [-0.25, -0.2) is 19.7 Å². The van der Waals surface area contributed by atoms with Crippen molar-refractivity contribution in [2.45, 2.75) is 75.7 Å². The average Bonchev–Trinajstić information content (AvgIpc) is 3.67. The maximum Gasteiger partial charge on any atom is 0.427 e. The van der Waals surface area contributed by atoms with Gasteiger partial charge >= 0.3 is 11.9 Å². The first-order chi connectivity index (χ1) is 20.8. The summed E-state index contributed by atoms with van der Waals surface area (Å²) in [6, 6.07) is 4.51. The lowest BCUT2D eigenvalue weighted by Gasteiger charge is -2.29. The van der Waals surface area contributed by atoms with E-state index < -0.39 is 40.4 Å². The van der Waals surface area contributed by atoms with E-state index in [9.17, 15) is 27.9 Å². The molecule has 0 atom stereocenters. The Bertz CT molecular complexity index is 1880. The zero-order chi connectivity index (χ0) is 32.7. The van der Waals surface area contributed by atoms with E-state index in [0.29, 0.717) is 54.5 Å². The molecule has 2 aliphatic carbocycles. The van der Waals surface area contributed by atoms with Gasteiger partial charge in [-0.3, -0.25) is 13.9 Å². The Morgan fingerprint density at radius 2 is 1.83 bits per heavy atom. The van der Waals surface area contributed by atoms with Gasteiger partial charge in [0.25, 0.3) is 0 Å². The average molecular weight is 605 g/mol. The van der Waals surface area contributed by atoms with Crippen LogP contribution in [0.2, 0.25) is 0 Å². The second-order valence-electron chi connectivity index (χ2n) is 11.7. The highest BCUT2D eigenvalue weighted by Crippen LogP contribution is 2.55. The van der Waals surface area contributed by atoms with Crippen molar-refractivity contribution in [3.63, 3.8) is 0 Å². The summed E-state index contributed by atoms with van der Waals surface area (Å²) in [6.07, 6.45) is 0.289. The van der Waals surface area contributed by atoms with Gasteiger partial charge in [0.15, 0.2) is 0 Å². The van der Waals surface area contributed by atoms with Crippen LogP contribution in [0.1, 0.15) is 67.4 Å². The predicted octanol–water partition coefficient (Wildman–Crippen LogP) is 4.79. The van der Waals surface area contributed by atoms with Crippen molar-refractivity contribution in [3.8, 4) is 10.7 Å². The van der Waals surface area contributed by atoms with Crippen molar-refractivity contribution >= 4 is 39.9 Å². The van der Waals surface area contributed by atoms with Crippen molar-refractivity contribution in [1.82, 2.24) is 29.4 Å². The topological polar surface area (TPSA) is 127 Å². The molecule has 0 saturated heterocycles. The summed E-state index contributed by atoms with van der Waals surface area (Å²) in [7, 11) is 0. The number of thiazole rings is 1. The monoisotopic (exact) mass is 604 g/mol. The predicted molar refractivity (Wildman–Crippen MR) is 151 cm³/mol. The number of nitrogens with zero attached hydrogens (tertiary/aromatic N) is 5. The quantitative estimate of drug-likeness (QED) is 0.289. The molecular weight excluding hydrogens is 571 g/mol. The molecule has 4 heterocycles. The fraction of sp³-hybridized carbons (Fsp3) is 0.464. The standard InChI is InChI=1S/C28H30F3N7O3S/c1-15(39)36-26-5-7-27(14-26,8-6-26)38-18-11-21(32-12-19(18)37(4)24(38)40)35-22-10-16(25(2,3)41)9-17(34-22)23-33-13-20(42-23)28(29,30)31/h9-13,41H,5-8,14H2,1-4H3,(H,36,39)(H,32,34,35)/i4D3. The normalized spacial score (nSPS) is 23.5. The van der Waals surface area contributed by atoms with E-state index in [1.54, 1.807) is 0 Å². The molecule has 4 aromatic heterocycles. The lowest BCUT2D eigenvalue weighted by Crippen LogP contribution is -2.43. The van der Waals surface area contributed by atoms with Crippen LogP contribution in [0.4, 0.5) is 24.8 Å². The van der Waals surface area contributed by atoms with E-state index in [-0.39, 0.29) is 33.8 Å². The molecule has 0 aromatic carbocycles. The minimum Gasteiger partial charge on any atom is -0.386 e. The number of carbonyl (C=O) groups is 1. The van der Waals surface area contributed by atoms with Crippen molar-refractivity contribution in [1.29, 1.82) is 0 Å². The van der Waals surface area contributed by atoms with Gasteiger partial charge in [0, 0.05) is 29.6 Å². The highest BCUT2D eigenvalue weighted by Gasteiger charge is 2.56. The van der Waals surface area contributed by atoms with Crippen LogP contribution in [0.25, 0.3) is 21.7 Å². The van der Waals surface area contributed by atoms with Crippen LogP contribution in [-0.2, 0) is 29.1 Å². The van der Waals surface area contributed by atoms with E-state index in [0.717, 1.165) is 10.8 Å². The molecule has 2 saturated carbocycles. The van der Waals surface area contributed by atoms with Gasteiger partial charge in [-0.2, -0.15) is 13.2 Å². The molecule has 2 bridgehead atoms. The number of hydrogen-bond acceptors (Lipinski definition) is 8. The zero-order valence-corrected chi connectivity index (χ0v) is 23.8. The number of aryl methyl sites for hydroxylation is 1. The molecule has 0 radical (unpaired) electrons. The first-order valence-electron chi connectivity index (χ1n) is 14.8. The molecule has 3 N–H and O–H groups in total. The Morgan fingerprint density at radius 3 is 2.45 bits per heavy atom. The number of halogens is 3. The Labute approximate surface area is 246 Å². The first-order valence-corrected chi connectivity index (χ1v) is 14.1. The van der Waals surface area contributed by atoms with E-state index in [1.165, 1.54) is 49.7 Å². The summed E-state index contributed by atoms with van der Waals surface area (Å²) < 4.78 is 66.3. The van der Waals surface area contributed by atoms with Gasteiger partial charge in [-0.1, -0.05) is 0 Å². The summed E-state index contributed by atoms with van der Waals surface area (Å²) in [4.78, 5) is 37.6. The van der Waals surface area contributed by atoms with Gasteiger partial charge < -0.3 is 15.7 Å². The molecule has 0 spiro atoms. The van der Waals surface area contributed by atoms with Gasteiger partial charge in [-0.15, -0.1) is 11.3 Å². The van der Waals surface area contributed by atoms with Gasteiger partial charge in [0.05, 0.1) is 34.6 Å². The first kappa shape index (κ1) is 24.8.